The first-order valence-electron chi connectivity index (χ1n) is 7.29. The molecule has 2 aromatic rings. The highest BCUT2D eigenvalue weighted by Crippen LogP contribution is 2.37. The van der Waals surface area contributed by atoms with Gasteiger partial charge in [-0.1, -0.05) is 0 Å². The van der Waals surface area contributed by atoms with Crippen molar-refractivity contribution in [3.63, 3.8) is 0 Å². The van der Waals surface area contributed by atoms with Crippen LogP contribution in [0, 0.1) is 6.92 Å². The normalized spacial score (nSPS) is 14.6. The molecule has 0 atom stereocenters. The van der Waals surface area contributed by atoms with Crippen LogP contribution in [0.4, 0.5) is 5.13 Å². The van der Waals surface area contributed by atoms with Crippen LogP contribution < -0.4 is 16.4 Å². The summed E-state index contributed by atoms with van der Waals surface area (Å²) in [6.45, 7) is 3.99. The van der Waals surface area contributed by atoms with Crippen LogP contribution in [0.5, 0.6) is 0 Å². The first kappa shape index (κ1) is 18.9. The molecular formula is C15H19ClN4O2S2. The second kappa shape index (κ2) is 7.18. The third-order valence-corrected chi connectivity index (χ3v) is 5.64. The van der Waals surface area contributed by atoms with Gasteiger partial charge in [-0.05, 0) is 31.9 Å². The molecule has 0 radical (unpaired) electrons. The maximum absolute atomic E-state index is 12.0. The summed E-state index contributed by atoms with van der Waals surface area (Å²) in [4.78, 5) is 30.6. The van der Waals surface area contributed by atoms with Crippen molar-refractivity contribution in [3.8, 4) is 10.6 Å². The lowest BCUT2D eigenvalue weighted by Crippen LogP contribution is -2.37. The minimum atomic E-state index is -0.700. The van der Waals surface area contributed by atoms with Crippen molar-refractivity contribution < 1.29 is 9.59 Å². The molecule has 1 aliphatic carbocycles. The smallest absolute Gasteiger partial charge is 0.246 e. The van der Waals surface area contributed by atoms with E-state index in [0.717, 1.165) is 33.2 Å². The van der Waals surface area contributed by atoms with Crippen molar-refractivity contribution in [3.05, 3.63) is 21.9 Å². The topological polar surface area (TPSA) is 97.1 Å². The molecule has 2 amide bonds. The van der Waals surface area contributed by atoms with Crippen molar-refractivity contribution in [2.24, 2.45) is 5.73 Å². The van der Waals surface area contributed by atoms with Gasteiger partial charge in [0.05, 0.1) is 22.7 Å². The maximum atomic E-state index is 12.0. The Morgan fingerprint density at radius 3 is 2.67 bits per heavy atom. The van der Waals surface area contributed by atoms with Crippen molar-refractivity contribution in [2.45, 2.75) is 38.8 Å². The molecule has 0 aliphatic heterocycles. The maximum Gasteiger partial charge on any atom is 0.246 e. The molecule has 1 fully saturated rings. The monoisotopic (exact) mass is 386 g/mol. The van der Waals surface area contributed by atoms with Crippen LogP contribution in [-0.4, -0.2) is 22.3 Å². The molecule has 3 rings (SSSR count). The number of thiazole rings is 1. The van der Waals surface area contributed by atoms with Crippen LogP contribution in [0.1, 0.15) is 29.5 Å². The molecular weight excluding hydrogens is 368 g/mol. The number of amides is 2. The number of nitrogens with zero attached hydrogens (tertiary/aromatic N) is 1. The van der Waals surface area contributed by atoms with E-state index in [9.17, 15) is 9.59 Å². The summed E-state index contributed by atoms with van der Waals surface area (Å²) in [5.74, 6) is -0.207. The quantitative estimate of drug-likeness (QED) is 0.735. The number of carbonyl (C=O) groups excluding carboxylic acids is 2. The van der Waals surface area contributed by atoms with E-state index in [1.807, 2.05) is 19.1 Å². The molecule has 0 saturated heterocycles. The SMILES string of the molecule is CC(=O)NCc1ccc(-c2nc(NC(=O)C3(N)CC3)sc2C)s1.Cl. The zero-order valence-corrected chi connectivity index (χ0v) is 15.8. The van der Waals surface area contributed by atoms with Crippen LogP contribution in [0.2, 0.25) is 0 Å². The van der Waals surface area contributed by atoms with Gasteiger partial charge in [0, 0.05) is 16.7 Å². The van der Waals surface area contributed by atoms with Crippen molar-refractivity contribution in [1.29, 1.82) is 0 Å². The Balaban J connectivity index is 0.00000208. The van der Waals surface area contributed by atoms with Crippen molar-refractivity contribution in [1.82, 2.24) is 10.3 Å². The minimum absolute atomic E-state index is 0. The Bertz CT molecular complexity index is 767. The summed E-state index contributed by atoms with van der Waals surface area (Å²) in [7, 11) is 0. The lowest BCUT2D eigenvalue weighted by Gasteiger charge is -2.06. The number of hydrogen-bond acceptors (Lipinski definition) is 6. The molecule has 6 nitrogen and oxygen atoms in total. The number of nitrogens with two attached hydrogens (primary N) is 1. The number of anilines is 1. The van der Waals surface area contributed by atoms with Crippen molar-refractivity contribution in [2.75, 3.05) is 5.32 Å². The van der Waals surface area contributed by atoms with Crippen LogP contribution >= 0.6 is 35.1 Å². The predicted molar refractivity (Wildman–Crippen MR) is 99.7 cm³/mol. The second-order valence-corrected chi connectivity index (χ2v) is 8.08. The predicted octanol–water partition coefficient (Wildman–Crippen LogP) is 2.67. The number of nitrogens with one attached hydrogen (secondary N) is 2. The first-order chi connectivity index (χ1) is 10.9. The van der Waals surface area contributed by atoms with Crippen LogP contribution in [-0.2, 0) is 16.1 Å². The zero-order chi connectivity index (χ0) is 16.6. The van der Waals surface area contributed by atoms with Crippen LogP contribution in [0.15, 0.2) is 12.1 Å². The molecule has 9 heteroatoms. The fraction of sp³-hybridized carbons (Fsp3) is 0.400. The summed E-state index contributed by atoms with van der Waals surface area (Å²) in [5, 5.41) is 6.17. The number of halogens is 1. The van der Waals surface area contributed by atoms with E-state index in [4.69, 9.17) is 5.73 Å². The molecule has 4 N–H and O–H groups in total. The van der Waals surface area contributed by atoms with Gasteiger partial charge >= 0.3 is 0 Å². The lowest BCUT2D eigenvalue weighted by atomic mass is 10.3. The number of carbonyl (C=O) groups is 2. The molecule has 0 aromatic carbocycles. The van der Waals surface area contributed by atoms with E-state index in [2.05, 4.69) is 15.6 Å². The summed E-state index contributed by atoms with van der Waals surface area (Å²) < 4.78 is 0. The average Bonchev–Trinajstić information content (AvgIpc) is 2.93. The van der Waals surface area contributed by atoms with Crippen LogP contribution in [0.3, 0.4) is 0 Å². The molecule has 24 heavy (non-hydrogen) atoms. The van der Waals surface area contributed by atoms with Gasteiger partial charge in [0.15, 0.2) is 5.13 Å². The zero-order valence-electron chi connectivity index (χ0n) is 13.3. The van der Waals surface area contributed by atoms with E-state index >= 15 is 0 Å². The third kappa shape index (κ3) is 4.13. The highest BCUT2D eigenvalue weighted by atomic mass is 35.5. The van der Waals surface area contributed by atoms with Gasteiger partial charge in [-0.25, -0.2) is 4.98 Å². The summed E-state index contributed by atoms with van der Waals surface area (Å²) in [6.07, 6.45) is 1.46. The highest BCUT2D eigenvalue weighted by Gasteiger charge is 2.46. The minimum Gasteiger partial charge on any atom is -0.351 e. The van der Waals surface area contributed by atoms with Gasteiger partial charge in [0.25, 0.3) is 0 Å². The molecule has 130 valence electrons. The summed E-state index contributed by atoms with van der Waals surface area (Å²) in [5.41, 5.74) is 6.05. The van der Waals surface area contributed by atoms with E-state index in [1.54, 1.807) is 11.3 Å². The second-order valence-electron chi connectivity index (χ2n) is 5.71. The third-order valence-electron chi connectivity index (χ3n) is 3.66. The number of hydrogen-bond donors (Lipinski definition) is 3. The van der Waals surface area contributed by atoms with Gasteiger partial charge in [-0.15, -0.1) is 35.1 Å². The van der Waals surface area contributed by atoms with Gasteiger partial charge < -0.3 is 16.4 Å². The Kier molecular flexibility index (Phi) is 5.64. The summed E-state index contributed by atoms with van der Waals surface area (Å²) in [6, 6.07) is 3.97. The first-order valence-corrected chi connectivity index (χ1v) is 8.92. The van der Waals surface area contributed by atoms with Gasteiger partial charge in [-0.3, -0.25) is 9.59 Å². The Labute approximate surface area is 154 Å². The molecule has 0 bridgehead atoms. The van der Waals surface area contributed by atoms with Gasteiger partial charge in [0.2, 0.25) is 11.8 Å². The standard InChI is InChI=1S/C15H18N4O2S2.ClH/c1-8-12(11-4-3-10(23-11)7-17-9(2)20)18-14(22-8)19-13(21)15(16)5-6-15;/h3-4H,5-7,16H2,1-2H3,(H,17,20)(H,18,19,21);1H. The molecule has 0 spiro atoms. The molecule has 1 saturated carbocycles. The molecule has 1 aliphatic rings. The average molecular weight is 387 g/mol. The Morgan fingerprint density at radius 2 is 2.04 bits per heavy atom. The van der Waals surface area contributed by atoms with Crippen LogP contribution in [0.25, 0.3) is 10.6 Å². The highest BCUT2D eigenvalue weighted by molar-refractivity contribution is 7.18. The molecule has 0 unspecified atom stereocenters. The van der Waals surface area contributed by atoms with E-state index in [-0.39, 0.29) is 24.2 Å². The summed E-state index contributed by atoms with van der Waals surface area (Å²) >= 11 is 3.03. The number of aryl methyl sites for hydroxylation is 1. The molecule has 2 aromatic heterocycles. The largest absolute Gasteiger partial charge is 0.351 e. The van der Waals surface area contributed by atoms with Gasteiger partial charge in [0.1, 0.15) is 0 Å². The van der Waals surface area contributed by atoms with E-state index in [0.29, 0.717) is 11.7 Å². The number of aromatic nitrogens is 1. The fourth-order valence-electron chi connectivity index (χ4n) is 2.07. The number of rotatable bonds is 5. The molecule has 2 heterocycles. The Morgan fingerprint density at radius 1 is 1.33 bits per heavy atom. The van der Waals surface area contributed by atoms with Gasteiger partial charge in [-0.2, -0.15) is 0 Å². The fourth-order valence-corrected chi connectivity index (χ4v) is 3.96. The lowest BCUT2D eigenvalue weighted by molar-refractivity contribution is -0.119. The number of thiophene rings is 1. The van der Waals surface area contributed by atoms with Crippen molar-refractivity contribution >= 4 is 52.0 Å². The van der Waals surface area contributed by atoms with E-state index < -0.39 is 5.54 Å². The van der Waals surface area contributed by atoms with E-state index in [1.165, 1.54) is 18.3 Å². The Hall–Kier alpha value is -1.48.